The van der Waals surface area contributed by atoms with Gasteiger partial charge < -0.3 is 4.90 Å². The number of amides is 1. The first-order valence-corrected chi connectivity index (χ1v) is 7.95. The number of fused-ring (bicyclic) bond motifs is 1. The number of nitrogens with zero attached hydrogens (tertiary/aromatic N) is 1. The average molecular weight is 332 g/mol. The standard InChI is InChI=1S/C17H18BrNO/c1-12-4-2-3-9-19(12)17(20)15-6-5-14-11-16(18)8-7-13(14)10-15/h5-8,10-12H,2-4,9H2,1H3. The molecule has 2 nitrogen and oxygen atoms in total. The fourth-order valence-electron chi connectivity index (χ4n) is 2.92. The SMILES string of the molecule is CC1CCCCN1C(=O)c1ccc2cc(Br)ccc2c1. The number of hydrogen-bond donors (Lipinski definition) is 0. The predicted molar refractivity (Wildman–Crippen MR) is 86.0 cm³/mol. The summed E-state index contributed by atoms with van der Waals surface area (Å²) in [5.74, 6) is 0.169. The minimum absolute atomic E-state index is 0.169. The van der Waals surface area contributed by atoms with Crippen LogP contribution in [0.5, 0.6) is 0 Å². The highest BCUT2D eigenvalue weighted by atomic mass is 79.9. The molecule has 104 valence electrons. The van der Waals surface area contributed by atoms with Crippen LogP contribution in [0.25, 0.3) is 10.8 Å². The third kappa shape index (κ3) is 2.59. The molecule has 1 aliphatic heterocycles. The van der Waals surface area contributed by atoms with E-state index in [1.165, 1.54) is 6.42 Å². The summed E-state index contributed by atoms with van der Waals surface area (Å²) in [6.45, 7) is 3.04. The number of halogens is 1. The third-order valence-corrected chi connectivity index (χ3v) is 4.61. The molecule has 2 aromatic rings. The summed E-state index contributed by atoms with van der Waals surface area (Å²) < 4.78 is 1.06. The van der Waals surface area contributed by atoms with E-state index in [1.807, 2.05) is 29.2 Å². The first-order chi connectivity index (χ1) is 9.65. The molecule has 1 heterocycles. The molecule has 1 saturated heterocycles. The van der Waals surface area contributed by atoms with Crippen molar-refractivity contribution in [3.8, 4) is 0 Å². The molecule has 2 aromatic carbocycles. The molecule has 3 rings (SSSR count). The Labute approximate surface area is 127 Å². The van der Waals surface area contributed by atoms with Crippen LogP contribution in [0, 0.1) is 0 Å². The first kappa shape index (κ1) is 13.6. The molecule has 0 radical (unpaired) electrons. The third-order valence-electron chi connectivity index (χ3n) is 4.11. The molecule has 0 spiro atoms. The molecular formula is C17H18BrNO. The van der Waals surface area contributed by atoms with E-state index < -0.39 is 0 Å². The maximum absolute atomic E-state index is 12.6. The van der Waals surface area contributed by atoms with Crippen molar-refractivity contribution in [3.05, 3.63) is 46.4 Å². The van der Waals surface area contributed by atoms with Crippen molar-refractivity contribution >= 4 is 32.6 Å². The van der Waals surface area contributed by atoms with Crippen molar-refractivity contribution in [2.24, 2.45) is 0 Å². The highest BCUT2D eigenvalue weighted by Gasteiger charge is 2.24. The highest BCUT2D eigenvalue weighted by Crippen LogP contribution is 2.24. The molecular weight excluding hydrogens is 314 g/mol. The summed E-state index contributed by atoms with van der Waals surface area (Å²) in [6.07, 6.45) is 3.47. The lowest BCUT2D eigenvalue weighted by molar-refractivity contribution is 0.0636. The molecule has 1 atom stereocenters. The van der Waals surface area contributed by atoms with Crippen LogP contribution in [0.1, 0.15) is 36.5 Å². The fraction of sp³-hybridized carbons (Fsp3) is 0.353. The van der Waals surface area contributed by atoms with Crippen LogP contribution in [0.3, 0.4) is 0 Å². The zero-order valence-corrected chi connectivity index (χ0v) is 13.2. The van der Waals surface area contributed by atoms with Crippen molar-refractivity contribution in [2.75, 3.05) is 6.54 Å². The lowest BCUT2D eigenvalue weighted by Crippen LogP contribution is -2.42. The Bertz CT molecular complexity index is 652. The van der Waals surface area contributed by atoms with Crippen LogP contribution in [-0.2, 0) is 0 Å². The summed E-state index contributed by atoms with van der Waals surface area (Å²) in [5, 5.41) is 2.27. The van der Waals surface area contributed by atoms with Gasteiger partial charge in [0.25, 0.3) is 5.91 Å². The van der Waals surface area contributed by atoms with Crippen LogP contribution >= 0.6 is 15.9 Å². The van der Waals surface area contributed by atoms with Crippen molar-refractivity contribution in [1.82, 2.24) is 4.90 Å². The van der Waals surface area contributed by atoms with Crippen LogP contribution in [0.15, 0.2) is 40.9 Å². The van der Waals surface area contributed by atoms with Gasteiger partial charge >= 0.3 is 0 Å². The van der Waals surface area contributed by atoms with Gasteiger partial charge in [-0.15, -0.1) is 0 Å². The van der Waals surface area contributed by atoms with Gasteiger partial charge in [-0.1, -0.05) is 28.1 Å². The quantitative estimate of drug-likeness (QED) is 0.746. The van der Waals surface area contributed by atoms with E-state index in [-0.39, 0.29) is 5.91 Å². The second-order valence-corrected chi connectivity index (χ2v) is 6.47. The monoisotopic (exact) mass is 331 g/mol. The number of carbonyl (C=O) groups is 1. The smallest absolute Gasteiger partial charge is 0.254 e. The summed E-state index contributed by atoms with van der Waals surface area (Å²) in [5.41, 5.74) is 0.800. The van der Waals surface area contributed by atoms with E-state index in [1.54, 1.807) is 0 Å². The number of hydrogen-bond acceptors (Lipinski definition) is 1. The summed E-state index contributed by atoms with van der Waals surface area (Å²) in [6, 6.07) is 12.5. The highest BCUT2D eigenvalue weighted by molar-refractivity contribution is 9.10. The normalized spacial score (nSPS) is 19.3. The van der Waals surface area contributed by atoms with E-state index in [0.29, 0.717) is 6.04 Å². The Kier molecular flexibility index (Phi) is 3.79. The molecule has 0 bridgehead atoms. The van der Waals surface area contributed by atoms with E-state index in [4.69, 9.17) is 0 Å². The number of benzene rings is 2. The van der Waals surface area contributed by atoms with Gasteiger partial charge in [-0.25, -0.2) is 0 Å². The number of piperidine rings is 1. The molecule has 0 N–H and O–H groups in total. The molecule has 20 heavy (non-hydrogen) atoms. The number of likely N-dealkylation sites (tertiary alicyclic amines) is 1. The van der Waals surface area contributed by atoms with Crippen molar-refractivity contribution in [2.45, 2.75) is 32.2 Å². The summed E-state index contributed by atoms with van der Waals surface area (Å²) in [4.78, 5) is 14.7. The van der Waals surface area contributed by atoms with Gasteiger partial charge in [0.1, 0.15) is 0 Å². The summed E-state index contributed by atoms with van der Waals surface area (Å²) >= 11 is 3.48. The van der Waals surface area contributed by atoms with Crippen molar-refractivity contribution < 1.29 is 4.79 Å². The van der Waals surface area contributed by atoms with Crippen LogP contribution in [0.4, 0.5) is 0 Å². The van der Waals surface area contributed by atoms with Crippen molar-refractivity contribution in [1.29, 1.82) is 0 Å². The van der Waals surface area contributed by atoms with Gasteiger partial charge in [-0.05, 0) is 61.2 Å². The minimum atomic E-state index is 0.169. The van der Waals surface area contributed by atoms with Gasteiger partial charge in [0, 0.05) is 22.6 Å². The predicted octanol–water partition coefficient (Wildman–Crippen LogP) is 4.62. The zero-order chi connectivity index (χ0) is 14.1. The molecule has 0 aromatic heterocycles. The number of rotatable bonds is 1. The molecule has 3 heteroatoms. The Morgan fingerprint density at radius 1 is 1.15 bits per heavy atom. The Morgan fingerprint density at radius 2 is 1.90 bits per heavy atom. The van der Waals surface area contributed by atoms with Gasteiger partial charge in [-0.2, -0.15) is 0 Å². The average Bonchev–Trinajstić information content (AvgIpc) is 2.46. The maximum Gasteiger partial charge on any atom is 0.254 e. The second-order valence-electron chi connectivity index (χ2n) is 5.55. The lowest BCUT2D eigenvalue weighted by atomic mass is 10.0. The maximum atomic E-state index is 12.6. The Morgan fingerprint density at radius 3 is 2.70 bits per heavy atom. The van der Waals surface area contributed by atoms with E-state index >= 15 is 0 Å². The molecule has 0 saturated carbocycles. The fourth-order valence-corrected chi connectivity index (χ4v) is 3.29. The Hall–Kier alpha value is -1.35. The topological polar surface area (TPSA) is 20.3 Å². The molecule has 1 aliphatic rings. The van der Waals surface area contributed by atoms with E-state index in [2.05, 4.69) is 35.0 Å². The first-order valence-electron chi connectivity index (χ1n) is 7.15. The number of carbonyl (C=O) groups excluding carboxylic acids is 1. The van der Waals surface area contributed by atoms with Gasteiger partial charge in [-0.3, -0.25) is 4.79 Å². The van der Waals surface area contributed by atoms with Crippen LogP contribution in [-0.4, -0.2) is 23.4 Å². The molecule has 1 amide bonds. The molecule has 0 aliphatic carbocycles. The molecule has 1 fully saturated rings. The Balaban J connectivity index is 1.93. The second kappa shape index (κ2) is 5.57. The summed E-state index contributed by atoms with van der Waals surface area (Å²) in [7, 11) is 0. The lowest BCUT2D eigenvalue weighted by Gasteiger charge is -2.33. The van der Waals surface area contributed by atoms with Crippen molar-refractivity contribution in [3.63, 3.8) is 0 Å². The zero-order valence-electron chi connectivity index (χ0n) is 11.6. The van der Waals surface area contributed by atoms with Crippen LogP contribution in [0.2, 0.25) is 0 Å². The van der Waals surface area contributed by atoms with Gasteiger partial charge in [0.2, 0.25) is 0 Å². The minimum Gasteiger partial charge on any atom is -0.336 e. The largest absolute Gasteiger partial charge is 0.336 e. The van der Waals surface area contributed by atoms with Crippen LogP contribution < -0.4 is 0 Å². The van der Waals surface area contributed by atoms with E-state index in [0.717, 1.165) is 40.2 Å². The van der Waals surface area contributed by atoms with Gasteiger partial charge in [0.05, 0.1) is 0 Å². The van der Waals surface area contributed by atoms with Gasteiger partial charge in [0.15, 0.2) is 0 Å². The van der Waals surface area contributed by atoms with E-state index in [9.17, 15) is 4.79 Å². The molecule has 1 unspecified atom stereocenters.